The van der Waals surface area contributed by atoms with E-state index in [1.807, 2.05) is 0 Å². The Morgan fingerprint density at radius 1 is 1.26 bits per heavy atom. The van der Waals surface area contributed by atoms with Gasteiger partial charge in [0.15, 0.2) is 0 Å². The minimum Gasteiger partial charge on any atom is -0.387 e. The number of sulfone groups is 1. The smallest absolute Gasteiger partial charge is 0.244 e. The zero-order valence-corrected chi connectivity index (χ0v) is 12.4. The topological polar surface area (TPSA) is 105 Å². The van der Waals surface area contributed by atoms with E-state index in [0.29, 0.717) is 5.69 Å². The molecule has 0 amide bonds. The van der Waals surface area contributed by atoms with Gasteiger partial charge in [0.05, 0.1) is 11.4 Å². The van der Waals surface area contributed by atoms with Crippen molar-refractivity contribution >= 4 is 25.5 Å². The number of sulfonamides is 1. The molecule has 1 rings (SSSR count). The Bertz CT molecular complexity index is 626. The van der Waals surface area contributed by atoms with Gasteiger partial charge >= 0.3 is 0 Å². The predicted octanol–water partition coefficient (Wildman–Crippen LogP) is -0.164. The van der Waals surface area contributed by atoms with Crippen molar-refractivity contribution in [2.24, 2.45) is 0 Å². The molecular weight excluding hydrogens is 290 g/mol. The fourth-order valence-corrected chi connectivity index (χ4v) is 3.32. The number of aromatic nitrogens is 1. The maximum Gasteiger partial charge on any atom is 0.244 e. The van der Waals surface area contributed by atoms with Gasteiger partial charge in [-0.05, 0) is 12.5 Å². The first-order valence-corrected chi connectivity index (χ1v) is 9.10. The van der Waals surface area contributed by atoms with Crippen LogP contribution < -0.4 is 10.0 Å². The minimum absolute atomic E-state index is 0.0388. The van der Waals surface area contributed by atoms with Gasteiger partial charge in [-0.2, -0.15) is 0 Å². The molecule has 0 fully saturated rings. The Balaban J connectivity index is 2.71. The number of pyridine rings is 1. The van der Waals surface area contributed by atoms with Crippen LogP contribution in [-0.2, 0) is 19.9 Å². The van der Waals surface area contributed by atoms with E-state index in [9.17, 15) is 16.8 Å². The third kappa shape index (κ3) is 5.13. The van der Waals surface area contributed by atoms with E-state index in [0.717, 1.165) is 6.26 Å². The van der Waals surface area contributed by atoms with E-state index < -0.39 is 19.9 Å². The molecule has 108 valence electrons. The molecule has 9 heteroatoms. The van der Waals surface area contributed by atoms with Gasteiger partial charge < -0.3 is 5.32 Å². The van der Waals surface area contributed by atoms with Gasteiger partial charge in [-0.25, -0.2) is 21.6 Å². The van der Waals surface area contributed by atoms with E-state index in [2.05, 4.69) is 15.0 Å². The molecule has 1 aromatic rings. The molecular formula is C10H17N3O4S2. The molecule has 2 N–H and O–H groups in total. The molecule has 0 bridgehead atoms. The first kappa shape index (κ1) is 15.9. The lowest BCUT2D eigenvalue weighted by atomic mass is 10.4. The average molecular weight is 307 g/mol. The van der Waals surface area contributed by atoms with Crippen molar-refractivity contribution in [3.05, 3.63) is 18.5 Å². The number of rotatable bonds is 7. The quantitative estimate of drug-likeness (QED) is 0.678. The van der Waals surface area contributed by atoms with Crippen LogP contribution in [0.3, 0.4) is 0 Å². The minimum atomic E-state index is -3.69. The second-order valence-electron chi connectivity index (χ2n) is 4.00. The van der Waals surface area contributed by atoms with Crippen molar-refractivity contribution in [1.29, 1.82) is 0 Å². The van der Waals surface area contributed by atoms with Crippen molar-refractivity contribution in [2.75, 3.05) is 30.9 Å². The second-order valence-corrected chi connectivity index (χ2v) is 8.00. The lowest BCUT2D eigenvalue weighted by Crippen LogP contribution is -2.27. The summed E-state index contributed by atoms with van der Waals surface area (Å²) in [6, 6.07) is 1.55. The molecule has 0 saturated carbocycles. The van der Waals surface area contributed by atoms with Crippen molar-refractivity contribution in [2.45, 2.75) is 11.3 Å². The normalized spacial score (nSPS) is 12.3. The van der Waals surface area contributed by atoms with E-state index >= 15 is 0 Å². The van der Waals surface area contributed by atoms with Crippen molar-refractivity contribution in [1.82, 2.24) is 9.71 Å². The third-order valence-electron chi connectivity index (χ3n) is 2.33. The summed E-state index contributed by atoms with van der Waals surface area (Å²) in [7, 11) is -5.16. The summed E-state index contributed by atoms with van der Waals surface area (Å²) in [6.45, 7) is 0.0629. The Kier molecular flexibility index (Phi) is 5.27. The molecule has 0 aliphatic heterocycles. The highest BCUT2D eigenvalue weighted by Crippen LogP contribution is 2.18. The molecule has 0 spiro atoms. The number of nitrogens with one attached hydrogen (secondary N) is 2. The van der Waals surface area contributed by atoms with Crippen LogP contribution in [0.25, 0.3) is 0 Å². The molecule has 0 unspecified atom stereocenters. The first-order chi connectivity index (χ1) is 8.76. The van der Waals surface area contributed by atoms with Gasteiger partial charge in [0, 0.05) is 32.2 Å². The van der Waals surface area contributed by atoms with Crippen LogP contribution in [0.5, 0.6) is 0 Å². The molecule has 0 atom stereocenters. The largest absolute Gasteiger partial charge is 0.387 e. The van der Waals surface area contributed by atoms with Gasteiger partial charge in [0.2, 0.25) is 10.0 Å². The predicted molar refractivity (Wildman–Crippen MR) is 73.3 cm³/mol. The van der Waals surface area contributed by atoms with E-state index in [-0.39, 0.29) is 23.6 Å². The highest BCUT2D eigenvalue weighted by Gasteiger charge is 2.17. The maximum atomic E-state index is 12.0. The van der Waals surface area contributed by atoms with E-state index in [1.54, 1.807) is 13.1 Å². The van der Waals surface area contributed by atoms with Crippen LogP contribution in [0.1, 0.15) is 6.42 Å². The highest BCUT2D eigenvalue weighted by atomic mass is 32.2. The van der Waals surface area contributed by atoms with Crippen LogP contribution in [0.4, 0.5) is 5.69 Å². The number of hydrogen-bond donors (Lipinski definition) is 2. The molecule has 0 saturated heterocycles. The Morgan fingerprint density at radius 3 is 2.53 bits per heavy atom. The molecule has 0 aliphatic carbocycles. The fraction of sp³-hybridized carbons (Fsp3) is 0.500. The summed E-state index contributed by atoms with van der Waals surface area (Å²) in [5.74, 6) is -0.0541. The average Bonchev–Trinajstić information content (AvgIpc) is 2.33. The van der Waals surface area contributed by atoms with Crippen molar-refractivity contribution < 1.29 is 16.8 Å². The molecule has 0 aliphatic rings. The molecule has 1 heterocycles. The monoisotopic (exact) mass is 307 g/mol. The van der Waals surface area contributed by atoms with Crippen molar-refractivity contribution in [3.8, 4) is 0 Å². The lowest BCUT2D eigenvalue weighted by Gasteiger charge is -2.10. The van der Waals surface area contributed by atoms with Gasteiger partial charge in [-0.15, -0.1) is 0 Å². The van der Waals surface area contributed by atoms with Crippen LogP contribution in [0.15, 0.2) is 23.4 Å². The number of nitrogens with zero attached hydrogens (tertiary/aromatic N) is 1. The SMILES string of the molecule is CNc1ccncc1S(=O)(=O)NCCCS(C)(=O)=O. The van der Waals surface area contributed by atoms with E-state index in [1.165, 1.54) is 12.4 Å². The Hall–Kier alpha value is -1.19. The zero-order chi connectivity index (χ0) is 14.5. The second kappa shape index (κ2) is 6.31. The van der Waals surface area contributed by atoms with E-state index in [4.69, 9.17) is 0 Å². The molecule has 7 nitrogen and oxygen atoms in total. The number of hydrogen-bond acceptors (Lipinski definition) is 6. The third-order valence-corrected chi connectivity index (χ3v) is 4.85. The standard InChI is InChI=1S/C10H17N3O4S2/c1-11-9-4-6-12-8-10(9)19(16,17)13-5-3-7-18(2,14)15/h4,6,8,13H,3,5,7H2,1-2H3,(H,11,12). The molecule has 0 aromatic carbocycles. The van der Waals surface area contributed by atoms with Gasteiger partial charge in [0.25, 0.3) is 0 Å². The molecule has 1 aromatic heterocycles. The van der Waals surface area contributed by atoms with Crippen molar-refractivity contribution in [3.63, 3.8) is 0 Å². The molecule has 0 radical (unpaired) electrons. The fourth-order valence-electron chi connectivity index (χ4n) is 1.42. The Morgan fingerprint density at radius 2 is 1.95 bits per heavy atom. The summed E-state index contributed by atoms with van der Waals surface area (Å²) in [5.41, 5.74) is 0.436. The van der Waals surface area contributed by atoms with Crippen LogP contribution in [-0.4, -0.2) is 47.4 Å². The van der Waals surface area contributed by atoms with Gasteiger partial charge in [-0.1, -0.05) is 0 Å². The Labute approximate surface area is 113 Å². The van der Waals surface area contributed by atoms with Gasteiger partial charge in [-0.3, -0.25) is 4.98 Å². The van der Waals surface area contributed by atoms with Crippen LogP contribution in [0.2, 0.25) is 0 Å². The van der Waals surface area contributed by atoms with Crippen LogP contribution >= 0.6 is 0 Å². The summed E-state index contributed by atoms with van der Waals surface area (Å²) in [4.78, 5) is 3.81. The number of anilines is 1. The molecule has 19 heavy (non-hydrogen) atoms. The zero-order valence-electron chi connectivity index (χ0n) is 10.8. The first-order valence-electron chi connectivity index (χ1n) is 5.55. The van der Waals surface area contributed by atoms with Gasteiger partial charge in [0.1, 0.15) is 14.7 Å². The summed E-state index contributed by atoms with van der Waals surface area (Å²) >= 11 is 0. The summed E-state index contributed by atoms with van der Waals surface area (Å²) < 4.78 is 48.2. The summed E-state index contributed by atoms with van der Waals surface area (Å²) in [5, 5.41) is 2.76. The highest BCUT2D eigenvalue weighted by molar-refractivity contribution is 7.90. The maximum absolute atomic E-state index is 12.0. The van der Waals surface area contributed by atoms with Crippen LogP contribution in [0, 0.1) is 0 Å². The lowest BCUT2D eigenvalue weighted by molar-refractivity contribution is 0.577. The summed E-state index contributed by atoms with van der Waals surface area (Å²) in [6.07, 6.45) is 4.06.